The van der Waals surface area contributed by atoms with Crippen LogP contribution < -0.4 is 30.9 Å². The van der Waals surface area contributed by atoms with Crippen molar-refractivity contribution in [1.82, 2.24) is 15.0 Å². The van der Waals surface area contributed by atoms with Gasteiger partial charge in [0.25, 0.3) is 5.56 Å². The van der Waals surface area contributed by atoms with E-state index in [1.54, 1.807) is 44.6 Å². The minimum Gasteiger partial charge on any atom is -0.495 e. The molecule has 166 valence electrons. The highest BCUT2D eigenvalue weighted by Gasteiger charge is 2.28. The highest BCUT2D eigenvalue weighted by molar-refractivity contribution is 6.03. The Hall–Kier alpha value is -4.21. The number of nitrogens with one attached hydrogen (secondary N) is 2. The molecule has 0 saturated heterocycles. The lowest BCUT2D eigenvalue weighted by molar-refractivity contribution is 0.354. The van der Waals surface area contributed by atoms with Gasteiger partial charge in [-0.15, -0.1) is 0 Å². The Morgan fingerprint density at radius 1 is 1.00 bits per heavy atom. The normalized spacial score (nSPS) is 15.1. The van der Waals surface area contributed by atoms with Gasteiger partial charge in [-0.3, -0.25) is 9.78 Å². The number of methoxy groups -OCH3 is 3. The summed E-state index contributed by atoms with van der Waals surface area (Å²) in [6, 6.07) is 11.9. The van der Waals surface area contributed by atoms with Gasteiger partial charge in [0.1, 0.15) is 11.3 Å². The SMILES string of the molecule is COc1ccc(C2CC(c3c(O)n(-c4ccccc4OC)c(=O)[nH]c3=O)=NN2)cc1OC. The number of aromatic amines is 1. The fourth-order valence-corrected chi connectivity index (χ4v) is 3.68. The third-order valence-electron chi connectivity index (χ3n) is 5.26. The maximum Gasteiger partial charge on any atom is 0.335 e. The predicted molar refractivity (Wildman–Crippen MR) is 117 cm³/mol. The number of H-pyrrole nitrogens is 1. The van der Waals surface area contributed by atoms with Crippen LogP contribution in [-0.4, -0.2) is 41.7 Å². The van der Waals surface area contributed by atoms with Crippen molar-refractivity contribution in [2.75, 3.05) is 21.3 Å². The first kappa shape index (κ1) is 21.0. The molecule has 0 bridgehead atoms. The molecular formula is C22H22N4O6. The van der Waals surface area contributed by atoms with Crippen LogP contribution in [-0.2, 0) is 0 Å². The van der Waals surface area contributed by atoms with Crippen molar-refractivity contribution >= 4 is 5.71 Å². The maximum atomic E-state index is 12.6. The van der Waals surface area contributed by atoms with Crippen LogP contribution in [0, 0.1) is 0 Å². The second-order valence-corrected chi connectivity index (χ2v) is 7.02. The molecule has 1 unspecified atom stereocenters. The number of hydrazone groups is 1. The summed E-state index contributed by atoms with van der Waals surface area (Å²) in [7, 11) is 4.55. The van der Waals surface area contributed by atoms with Crippen molar-refractivity contribution < 1.29 is 19.3 Å². The predicted octanol–water partition coefficient (Wildman–Crippen LogP) is 1.70. The van der Waals surface area contributed by atoms with E-state index in [4.69, 9.17) is 14.2 Å². The van der Waals surface area contributed by atoms with Gasteiger partial charge < -0.3 is 24.7 Å². The van der Waals surface area contributed by atoms with Gasteiger partial charge >= 0.3 is 5.69 Å². The monoisotopic (exact) mass is 438 g/mol. The molecule has 3 N–H and O–H groups in total. The average Bonchev–Trinajstić information content (AvgIpc) is 3.28. The molecular weight excluding hydrogens is 416 g/mol. The maximum absolute atomic E-state index is 12.6. The number of nitrogens with zero attached hydrogens (tertiary/aromatic N) is 2. The molecule has 3 aromatic rings. The lowest BCUT2D eigenvalue weighted by atomic mass is 9.99. The molecule has 0 saturated carbocycles. The summed E-state index contributed by atoms with van der Waals surface area (Å²) < 4.78 is 16.9. The van der Waals surface area contributed by atoms with E-state index in [0.717, 1.165) is 10.1 Å². The summed E-state index contributed by atoms with van der Waals surface area (Å²) in [5, 5.41) is 15.2. The highest BCUT2D eigenvalue weighted by atomic mass is 16.5. The van der Waals surface area contributed by atoms with Gasteiger partial charge in [-0.2, -0.15) is 5.10 Å². The molecule has 32 heavy (non-hydrogen) atoms. The second-order valence-electron chi connectivity index (χ2n) is 7.02. The summed E-state index contributed by atoms with van der Waals surface area (Å²) >= 11 is 0. The van der Waals surface area contributed by atoms with E-state index in [1.165, 1.54) is 7.11 Å². The summed E-state index contributed by atoms with van der Waals surface area (Å²) in [5.41, 5.74) is 2.83. The molecule has 1 atom stereocenters. The average molecular weight is 438 g/mol. The summed E-state index contributed by atoms with van der Waals surface area (Å²) in [4.78, 5) is 27.4. The van der Waals surface area contributed by atoms with Crippen molar-refractivity contribution in [3.05, 3.63) is 74.4 Å². The fraction of sp³-hybridized carbons (Fsp3) is 0.227. The topological polar surface area (TPSA) is 127 Å². The van der Waals surface area contributed by atoms with Crippen LogP contribution >= 0.6 is 0 Å². The van der Waals surface area contributed by atoms with Crippen molar-refractivity contribution in [2.45, 2.75) is 12.5 Å². The van der Waals surface area contributed by atoms with Crippen LogP contribution in [0.2, 0.25) is 0 Å². The lowest BCUT2D eigenvalue weighted by Crippen LogP contribution is -2.33. The number of para-hydroxylation sites is 2. The minimum absolute atomic E-state index is 0.0917. The number of aromatic hydroxyl groups is 1. The van der Waals surface area contributed by atoms with Gasteiger partial charge in [-0.25, -0.2) is 9.36 Å². The first-order valence-corrected chi connectivity index (χ1v) is 9.74. The number of ether oxygens (including phenoxy) is 3. The summed E-state index contributed by atoms with van der Waals surface area (Å²) in [6.07, 6.45) is 0.302. The fourth-order valence-electron chi connectivity index (χ4n) is 3.68. The Morgan fingerprint density at radius 3 is 2.44 bits per heavy atom. The van der Waals surface area contributed by atoms with Crippen molar-refractivity contribution in [1.29, 1.82) is 0 Å². The molecule has 0 amide bonds. The van der Waals surface area contributed by atoms with Crippen molar-refractivity contribution in [3.63, 3.8) is 0 Å². The number of aromatic nitrogens is 2. The van der Waals surface area contributed by atoms with Crippen LogP contribution in [0.4, 0.5) is 0 Å². The molecule has 1 aliphatic rings. The molecule has 0 spiro atoms. The largest absolute Gasteiger partial charge is 0.495 e. The van der Waals surface area contributed by atoms with Crippen LogP contribution in [0.25, 0.3) is 5.69 Å². The Labute approximate surface area is 182 Å². The number of hydrogen-bond acceptors (Lipinski definition) is 8. The standard InChI is InChI=1S/C22H22N4O6/c1-30-16-7-5-4-6-15(16)26-21(28)19(20(27)23-22(26)29)14-11-13(24-25-14)12-8-9-17(31-2)18(10-12)32-3/h4-10,13,24,28H,11H2,1-3H3,(H,23,27,29). The zero-order valence-electron chi connectivity index (χ0n) is 17.7. The van der Waals surface area contributed by atoms with Crippen LogP contribution in [0.5, 0.6) is 23.1 Å². The second kappa shape index (κ2) is 8.50. The van der Waals surface area contributed by atoms with Crippen molar-refractivity contribution in [2.24, 2.45) is 5.10 Å². The number of rotatable bonds is 6. The van der Waals surface area contributed by atoms with Gasteiger partial charge in [0, 0.05) is 6.42 Å². The molecule has 10 nitrogen and oxygen atoms in total. The zero-order chi connectivity index (χ0) is 22.8. The van der Waals surface area contributed by atoms with Gasteiger partial charge in [-0.05, 0) is 29.8 Å². The van der Waals surface area contributed by atoms with E-state index in [9.17, 15) is 14.7 Å². The first-order valence-electron chi connectivity index (χ1n) is 9.74. The Bertz CT molecular complexity index is 1310. The summed E-state index contributed by atoms with van der Waals surface area (Å²) in [5.74, 6) is 0.994. The quantitative estimate of drug-likeness (QED) is 0.534. The van der Waals surface area contributed by atoms with E-state index in [2.05, 4.69) is 15.5 Å². The van der Waals surface area contributed by atoms with Gasteiger partial charge in [0.2, 0.25) is 5.88 Å². The Morgan fingerprint density at radius 2 is 1.72 bits per heavy atom. The molecule has 0 aliphatic carbocycles. The van der Waals surface area contributed by atoms with Crippen LogP contribution in [0.1, 0.15) is 23.6 Å². The Kier molecular flexibility index (Phi) is 5.59. The van der Waals surface area contributed by atoms with E-state index < -0.39 is 17.1 Å². The smallest absolute Gasteiger partial charge is 0.335 e. The molecule has 1 aromatic heterocycles. The van der Waals surface area contributed by atoms with Gasteiger partial charge in [-0.1, -0.05) is 18.2 Å². The molecule has 2 aromatic carbocycles. The lowest BCUT2D eigenvalue weighted by Gasteiger charge is -2.15. The van der Waals surface area contributed by atoms with E-state index in [-0.39, 0.29) is 17.3 Å². The van der Waals surface area contributed by atoms with E-state index >= 15 is 0 Å². The van der Waals surface area contributed by atoms with Gasteiger partial charge in [0.05, 0.1) is 38.8 Å². The molecule has 1 aliphatic heterocycles. The van der Waals surface area contributed by atoms with Gasteiger partial charge in [0.15, 0.2) is 11.5 Å². The molecule has 0 radical (unpaired) electrons. The molecule has 4 rings (SSSR count). The Balaban J connectivity index is 1.73. The molecule has 0 fully saturated rings. The third kappa shape index (κ3) is 3.55. The number of benzene rings is 2. The molecule has 10 heteroatoms. The number of hydrogen-bond donors (Lipinski definition) is 3. The highest BCUT2D eigenvalue weighted by Crippen LogP contribution is 2.34. The molecule has 2 heterocycles. The van der Waals surface area contributed by atoms with E-state index in [0.29, 0.717) is 29.4 Å². The summed E-state index contributed by atoms with van der Waals surface area (Å²) in [6.45, 7) is 0. The van der Waals surface area contributed by atoms with Crippen LogP contribution in [0.15, 0.2) is 57.2 Å². The first-order chi connectivity index (χ1) is 15.5. The van der Waals surface area contributed by atoms with E-state index in [1.807, 2.05) is 12.1 Å². The van der Waals surface area contributed by atoms with Crippen molar-refractivity contribution in [3.8, 4) is 28.8 Å². The van der Waals surface area contributed by atoms with Crippen LogP contribution in [0.3, 0.4) is 0 Å². The third-order valence-corrected chi connectivity index (χ3v) is 5.26. The minimum atomic E-state index is -0.788. The zero-order valence-corrected chi connectivity index (χ0v) is 17.7.